The van der Waals surface area contributed by atoms with Crippen molar-refractivity contribution < 1.29 is 19.4 Å². The van der Waals surface area contributed by atoms with Crippen molar-refractivity contribution in [1.29, 1.82) is 0 Å². The number of fused-ring (bicyclic) bond motifs is 1. The molecule has 1 atom stereocenters. The topological polar surface area (TPSA) is 95.5 Å². The number of anilines is 1. The van der Waals surface area contributed by atoms with E-state index in [1.807, 2.05) is 55.5 Å². The molecule has 2 N–H and O–H groups in total. The van der Waals surface area contributed by atoms with Crippen LogP contribution in [0.1, 0.15) is 22.7 Å². The van der Waals surface area contributed by atoms with Crippen molar-refractivity contribution >= 4 is 50.4 Å². The number of halogens is 1. The number of H-pyrrole nitrogens is 1. The number of ketones is 1. The van der Waals surface area contributed by atoms with Gasteiger partial charge >= 0.3 is 5.91 Å². The molecule has 0 saturated carbocycles. The maximum Gasteiger partial charge on any atom is 0.302 e. The van der Waals surface area contributed by atoms with Gasteiger partial charge in [0.2, 0.25) is 5.95 Å². The molecule has 1 aliphatic heterocycles. The van der Waals surface area contributed by atoms with Crippen LogP contribution in [0.5, 0.6) is 5.75 Å². The Labute approximate surface area is 203 Å². The molecular formula is C26H20BrN3O4. The van der Waals surface area contributed by atoms with E-state index in [1.165, 1.54) is 12.0 Å². The van der Waals surface area contributed by atoms with Crippen molar-refractivity contribution in [1.82, 2.24) is 9.97 Å². The van der Waals surface area contributed by atoms with Crippen LogP contribution in [0.25, 0.3) is 16.8 Å². The predicted molar refractivity (Wildman–Crippen MR) is 133 cm³/mol. The molecule has 1 aliphatic rings. The zero-order valence-electron chi connectivity index (χ0n) is 18.4. The number of aliphatic hydroxyl groups excluding tert-OH is 1. The second kappa shape index (κ2) is 8.46. The molecule has 34 heavy (non-hydrogen) atoms. The van der Waals surface area contributed by atoms with Gasteiger partial charge in [-0.05, 0) is 58.7 Å². The molecule has 5 rings (SSSR count). The van der Waals surface area contributed by atoms with E-state index in [-0.39, 0.29) is 17.3 Å². The number of rotatable bonds is 4. The number of Topliss-reactive ketones (excluding diaryl/α,β-unsaturated/α-hetero) is 1. The number of amides is 1. The summed E-state index contributed by atoms with van der Waals surface area (Å²) in [5.41, 5.74) is 3.43. The highest BCUT2D eigenvalue weighted by atomic mass is 79.9. The molecule has 4 aromatic rings. The Morgan fingerprint density at radius 1 is 1.09 bits per heavy atom. The Hall–Kier alpha value is -3.91. The minimum atomic E-state index is -0.860. The molecule has 3 aromatic carbocycles. The van der Waals surface area contributed by atoms with Crippen LogP contribution in [0.15, 0.2) is 76.8 Å². The van der Waals surface area contributed by atoms with E-state index < -0.39 is 17.7 Å². The number of nitrogens with zero attached hydrogens (tertiary/aromatic N) is 2. The number of aliphatic hydroxyl groups is 1. The lowest BCUT2D eigenvalue weighted by Crippen LogP contribution is -2.30. The van der Waals surface area contributed by atoms with Gasteiger partial charge in [-0.1, -0.05) is 42.0 Å². The molecule has 0 radical (unpaired) electrons. The third kappa shape index (κ3) is 3.56. The average Bonchev–Trinajstić information content (AvgIpc) is 3.37. The maximum absolute atomic E-state index is 13.3. The van der Waals surface area contributed by atoms with E-state index in [2.05, 4.69) is 25.9 Å². The smallest absolute Gasteiger partial charge is 0.302 e. The van der Waals surface area contributed by atoms with Crippen LogP contribution in [-0.4, -0.2) is 33.9 Å². The number of benzene rings is 3. The Morgan fingerprint density at radius 3 is 2.59 bits per heavy atom. The number of methoxy groups -OCH3 is 1. The zero-order chi connectivity index (χ0) is 24.0. The molecule has 0 bridgehead atoms. The Balaban J connectivity index is 1.73. The standard InChI is InChI=1S/C26H20BrN3O4/c1-14-6-5-7-15(12-14)22-21(23(31)16-10-11-20(34-2)17(27)13-16)24(32)25(33)30(22)26-28-18-8-3-4-9-19(18)29-26/h3-13,22,31H,1-2H3,(H,28,29)/b23-21+. The maximum atomic E-state index is 13.3. The second-order valence-electron chi connectivity index (χ2n) is 8.01. The molecule has 1 amide bonds. The van der Waals surface area contributed by atoms with E-state index >= 15 is 0 Å². The van der Waals surface area contributed by atoms with Gasteiger partial charge in [0.1, 0.15) is 11.5 Å². The van der Waals surface area contributed by atoms with E-state index in [1.54, 1.807) is 18.2 Å². The van der Waals surface area contributed by atoms with Crippen molar-refractivity contribution in [3.8, 4) is 5.75 Å². The van der Waals surface area contributed by atoms with E-state index in [0.717, 1.165) is 11.1 Å². The summed E-state index contributed by atoms with van der Waals surface area (Å²) in [4.78, 5) is 35.6. The van der Waals surface area contributed by atoms with Crippen LogP contribution in [0, 0.1) is 6.92 Å². The van der Waals surface area contributed by atoms with E-state index in [4.69, 9.17) is 4.74 Å². The summed E-state index contributed by atoms with van der Waals surface area (Å²) < 4.78 is 5.87. The van der Waals surface area contributed by atoms with Gasteiger partial charge in [-0.2, -0.15) is 0 Å². The number of carbonyl (C=O) groups excluding carboxylic acids is 2. The van der Waals surface area contributed by atoms with E-state index in [0.29, 0.717) is 26.9 Å². The molecule has 8 heteroatoms. The normalized spacial score (nSPS) is 17.5. The zero-order valence-corrected chi connectivity index (χ0v) is 20.0. The summed E-state index contributed by atoms with van der Waals surface area (Å²) in [7, 11) is 1.54. The number of aromatic amines is 1. The first-order valence-electron chi connectivity index (χ1n) is 10.5. The molecule has 0 aliphatic carbocycles. The lowest BCUT2D eigenvalue weighted by molar-refractivity contribution is -0.132. The Morgan fingerprint density at radius 2 is 1.88 bits per heavy atom. The number of hydrogen-bond acceptors (Lipinski definition) is 5. The highest BCUT2D eigenvalue weighted by molar-refractivity contribution is 9.10. The third-order valence-corrected chi connectivity index (χ3v) is 6.45. The molecule has 7 nitrogen and oxygen atoms in total. The van der Waals surface area contributed by atoms with Gasteiger partial charge in [-0.15, -0.1) is 0 Å². The van der Waals surface area contributed by atoms with Crippen LogP contribution in [0.2, 0.25) is 0 Å². The quantitative estimate of drug-likeness (QED) is 0.218. The number of aromatic nitrogens is 2. The fraction of sp³-hybridized carbons (Fsp3) is 0.115. The number of aryl methyl sites for hydroxylation is 1. The number of imidazole rings is 1. The van der Waals surface area contributed by atoms with Crippen molar-refractivity contribution in [3.05, 3.63) is 93.5 Å². The molecule has 1 saturated heterocycles. The summed E-state index contributed by atoms with van der Waals surface area (Å²) in [6, 6.07) is 19.0. The summed E-state index contributed by atoms with van der Waals surface area (Å²) in [5.74, 6) is -0.998. The van der Waals surface area contributed by atoms with Gasteiger partial charge in [-0.3, -0.25) is 14.5 Å². The SMILES string of the molecule is COc1ccc(/C(O)=C2\C(=O)C(=O)N(c3nc4ccccc4[nH]3)C2c2cccc(C)c2)cc1Br. The number of hydrogen-bond donors (Lipinski definition) is 2. The summed E-state index contributed by atoms with van der Waals surface area (Å²) in [6.45, 7) is 1.93. The number of carbonyl (C=O) groups is 2. The number of para-hydroxylation sites is 2. The van der Waals surface area contributed by atoms with Gasteiger partial charge in [0.15, 0.2) is 0 Å². The molecular weight excluding hydrogens is 498 g/mol. The highest BCUT2D eigenvalue weighted by Crippen LogP contribution is 2.42. The van der Waals surface area contributed by atoms with Crippen LogP contribution < -0.4 is 9.64 Å². The number of nitrogens with one attached hydrogen (secondary N) is 1. The largest absolute Gasteiger partial charge is 0.507 e. The summed E-state index contributed by atoms with van der Waals surface area (Å²) in [5, 5.41) is 11.3. The van der Waals surface area contributed by atoms with E-state index in [9.17, 15) is 14.7 Å². The van der Waals surface area contributed by atoms with Crippen LogP contribution in [0.3, 0.4) is 0 Å². The summed E-state index contributed by atoms with van der Waals surface area (Å²) in [6.07, 6.45) is 0. The van der Waals surface area contributed by atoms with Crippen molar-refractivity contribution in [2.75, 3.05) is 12.0 Å². The third-order valence-electron chi connectivity index (χ3n) is 5.83. The van der Waals surface area contributed by atoms with Gasteiger partial charge < -0.3 is 14.8 Å². The summed E-state index contributed by atoms with van der Waals surface area (Å²) >= 11 is 3.41. The van der Waals surface area contributed by atoms with Gasteiger partial charge in [-0.25, -0.2) is 4.98 Å². The second-order valence-corrected chi connectivity index (χ2v) is 8.86. The van der Waals surface area contributed by atoms with Gasteiger partial charge in [0.05, 0.1) is 34.2 Å². The molecule has 2 heterocycles. The van der Waals surface area contributed by atoms with Gasteiger partial charge in [0, 0.05) is 5.56 Å². The molecule has 1 fully saturated rings. The fourth-order valence-electron chi connectivity index (χ4n) is 4.23. The minimum Gasteiger partial charge on any atom is -0.507 e. The van der Waals surface area contributed by atoms with Crippen LogP contribution in [-0.2, 0) is 9.59 Å². The first kappa shape index (κ1) is 21.9. The van der Waals surface area contributed by atoms with Crippen molar-refractivity contribution in [2.45, 2.75) is 13.0 Å². The highest BCUT2D eigenvalue weighted by Gasteiger charge is 2.48. The van der Waals surface area contributed by atoms with Crippen molar-refractivity contribution in [2.24, 2.45) is 0 Å². The lowest BCUT2D eigenvalue weighted by Gasteiger charge is -2.23. The average molecular weight is 518 g/mol. The van der Waals surface area contributed by atoms with Crippen LogP contribution >= 0.6 is 15.9 Å². The number of ether oxygens (including phenoxy) is 1. The first-order valence-corrected chi connectivity index (χ1v) is 11.3. The predicted octanol–water partition coefficient (Wildman–Crippen LogP) is 5.27. The molecule has 0 spiro atoms. The lowest BCUT2D eigenvalue weighted by atomic mass is 9.94. The molecule has 1 unspecified atom stereocenters. The minimum absolute atomic E-state index is 0.00637. The Kier molecular flexibility index (Phi) is 5.45. The van der Waals surface area contributed by atoms with Crippen LogP contribution in [0.4, 0.5) is 5.95 Å². The molecule has 170 valence electrons. The Bertz CT molecular complexity index is 1460. The molecule has 1 aromatic heterocycles. The monoisotopic (exact) mass is 517 g/mol. The fourth-order valence-corrected chi connectivity index (χ4v) is 4.77. The van der Waals surface area contributed by atoms with Crippen molar-refractivity contribution in [3.63, 3.8) is 0 Å². The van der Waals surface area contributed by atoms with Gasteiger partial charge in [0.25, 0.3) is 5.78 Å². The first-order chi connectivity index (χ1) is 16.4.